The van der Waals surface area contributed by atoms with Crippen LogP contribution in [0.1, 0.15) is 24.0 Å². The van der Waals surface area contributed by atoms with Gasteiger partial charge in [-0.15, -0.1) is 0 Å². The zero-order valence-electron chi connectivity index (χ0n) is 9.32. The van der Waals surface area contributed by atoms with Crippen molar-refractivity contribution in [2.45, 2.75) is 19.8 Å². The minimum absolute atomic E-state index is 0.538. The Morgan fingerprint density at radius 2 is 2.18 bits per heavy atom. The van der Waals surface area contributed by atoms with E-state index in [2.05, 4.69) is 44.5 Å². The van der Waals surface area contributed by atoms with Gasteiger partial charge in [0.2, 0.25) is 0 Å². The van der Waals surface area contributed by atoms with Crippen LogP contribution in [-0.4, -0.2) is 15.0 Å². The minimum atomic E-state index is 0.538. The van der Waals surface area contributed by atoms with Crippen molar-refractivity contribution in [1.29, 1.82) is 0 Å². The first kappa shape index (κ1) is 12.7. The van der Waals surface area contributed by atoms with Gasteiger partial charge in [-0.25, -0.2) is 9.97 Å². The van der Waals surface area contributed by atoms with Gasteiger partial charge in [-0.05, 0) is 40.6 Å². The maximum absolute atomic E-state index is 6.09. The largest absolute Gasteiger partial charge is 0.264 e. The first-order valence-electron chi connectivity index (χ1n) is 5.30. The molecule has 2 aromatic rings. The van der Waals surface area contributed by atoms with Gasteiger partial charge in [-0.1, -0.05) is 24.6 Å². The third-order valence-corrected chi connectivity index (χ3v) is 4.07. The Morgan fingerprint density at radius 3 is 2.82 bits per heavy atom. The van der Waals surface area contributed by atoms with E-state index in [-0.39, 0.29) is 0 Å². The Morgan fingerprint density at radius 1 is 1.35 bits per heavy atom. The van der Waals surface area contributed by atoms with E-state index in [0.29, 0.717) is 11.6 Å². The molecule has 0 N–H and O–H groups in total. The molecule has 88 valence electrons. The molecule has 0 aliphatic rings. The normalized spacial score (nSPS) is 10.5. The highest BCUT2D eigenvalue weighted by Gasteiger charge is 2.09. The average Bonchev–Trinajstić information content (AvgIpc) is 2.35. The highest BCUT2D eigenvalue weighted by atomic mass is 127. The summed E-state index contributed by atoms with van der Waals surface area (Å²) in [5, 5.41) is 0.538. The number of rotatable bonds is 3. The van der Waals surface area contributed by atoms with Crippen LogP contribution in [0.5, 0.6) is 0 Å². The summed E-state index contributed by atoms with van der Waals surface area (Å²) in [6.45, 7) is 2.06. The smallest absolute Gasteiger partial charge is 0.146 e. The van der Waals surface area contributed by atoms with Gasteiger partial charge in [0.15, 0.2) is 0 Å². The molecule has 3 nitrogen and oxygen atoms in total. The van der Waals surface area contributed by atoms with Crippen LogP contribution in [0, 0.1) is 3.57 Å². The second-order valence-electron chi connectivity index (χ2n) is 3.58. The molecule has 0 aromatic carbocycles. The van der Waals surface area contributed by atoms with E-state index in [4.69, 9.17) is 11.6 Å². The van der Waals surface area contributed by atoms with Crippen molar-refractivity contribution in [2.75, 3.05) is 0 Å². The van der Waals surface area contributed by atoms with E-state index in [9.17, 15) is 0 Å². The zero-order chi connectivity index (χ0) is 12.3. The van der Waals surface area contributed by atoms with Gasteiger partial charge in [0, 0.05) is 18.8 Å². The SMILES string of the molecule is CCc1nc(Cc2cccnc2)nc(Cl)c1I. The van der Waals surface area contributed by atoms with Gasteiger partial charge in [0.05, 0.1) is 9.26 Å². The van der Waals surface area contributed by atoms with Gasteiger partial charge < -0.3 is 0 Å². The summed E-state index contributed by atoms with van der Waals surface area (Å²) in [6, 6.07) is 3.91. The predicted molar refractivity (Wildman–Crippen MR) is 76.2 cm³/mol. The number of aryl methyl sites for hydroxylation is 1. The molecule has 0 radical (unpaired) electrons. The lowest BCUT2D eigenvalue weighted by Crippen LogP contribution is -2.03. The van der Waals surface area contributed by atoms with Gasteiger partial charge in [-0.2, -0.15) is 0 Å². The summed E-state index contributed by atoms with van der Waals surface area (Å²) < 4.78 is 0.946. The fourth-order valence-electron chi connectivity index (χ4n) is 1.51. The molecule has 0 atom stereocenters. The molecule has 0 spiro atoms. The lowest BCUT2D eigenvalue weighted by molar-refractivity contribution is 0.892. The molecule has 2 heterocycles. The minimum Gasteiger partial charge on any atom is -0.264 e. The lowest BCUT2D eigenvalue weighted by Gasteiger charge is -2.06. The van der Waals surface area contributed by atoms with Crippen LogP contribution in [-0.2, 0) is 12.8 Å². The number of pyridine rings is 1. The molecule has 0 bridgehead atoms. The molecule has 2 aromatic heterocycles. The van der Waals surface area contributed by atoms with Gasteiger partial charge >= 0.3 is 0 Å². The molecular weight excluding hydrogens is 349 g/mol. The Bertz CT molecular complexity index is 517. The molecule has 0 saturated heterocycles. The molecule has 0 unspecified atom stereocenters. The molecule has 2 rings (SSSR count). The van der Waals surface area contributed by atoms with Crippen molar-refractivity contribution in [3.63, 3.8) is 0 Å². The van der Waals surface area contributed by atoms with Gasteiger partial charge in [0.25, 0.3) is 0 Å². The van der Waals surface area contributed by atoms with Crippen LogP contribution in [0.25, 0.3) is 0 Å². The number of hydrogen-bond donors (Lipinski definition) is 0. The van der Waals surface area contributed by atoms with E-state index < -0.39 is 0 Å². The van der Waals surface area contributed by atoms with E-state index in [0.717, 1.165) is 27.1 Å². The summed E-state index contributed by atoms with van der Waals surface area (Å²) in [7, 11) is 0. The fourth-order valence-corrected chi connectivity index (χ4v) is 2.34. The molecule has 0 fully saturated rings. The van der Waals surface area contributed by atoms with Crippen molar-refractivity contribution in [3.8, 4) is 0 Å². The summed E-state index contributed by atoms with van der Waals surface area (Å²) in [5.41, 5.74) is 2.09. The molecule has 0 aliphatic carbocycles. The van der Waals surface area contributed by atoms with E-state index in [1.165, 1.54) is 0 Å². The maximum atomic E-state index is 6.09. The third-order valence-electron chi connectivity index (χ3n) is 2.35. The average molecular weight is 360 g/mol. The Balaban J connectivity index is 2.31. The molecule has 17 heavy (non-hydrogen) atoms. The fraction of sp³-hybridized carbons (Fsp3) is 0.250. The summed E-state index contributed by atoms with van der Waals surface area (Å²) in [6.07, 6.45) is 5.10. The Hall–Kier alpha value is -0.750. The highest BCUT2D eigenvalue weighted by molar-refractivity contribution is 14.1. The summed E-state index contributed by atoms with van der Waals surface area (Å²) in [5.74, 6) is 0.750. The Kier molecular flexibility index (Phi) is 4.28. The highest BCUT2D eigenvalue weighted by Crippen LogP contribution is 2.20. The molecule has 5 heteroatoms. The third kappa shape index (κ3) is 3.13. The van der Waals surface area contributed by atoms with Crippen molar-refractivity contribution < 1.29 is 0 Å². The predicted octanol–water partition coefficient (Wildman–Crippen LogP) is 3.28. The molecule has 0 amide bonds. The number of halogens is 2. The van der Waals surface area contributed by atoms with Crippen LogP contribution in [0.15, 0.2) is 24.5 Å². The van der Waals surface area contributed by atoms with Crippen molar-refractivity contribution in [2.24, 2.45) is 0 Å². The summed E-state index contributed by atoms with van der Waals surface area (Å²) >= 11 is 8.27. The number of aromatic nitrogens is 3. The zero-order valence-corrected chi connectivity index (χ0v) is 12.2. The van der Waals surface area contributed by atoms with Crippen LogP contribution in [0.4, 0.5) is 0 Å². The number of nitrogens with zero attached hydrogens (tertiary/aromatic N) is 3. The number of hydrogen-bond acceptors (Lipinski definition) is 3. The van der Waals surface area contributed by atoms with Crippen molar-refractivity contribution in [1.82, 2.24) is 15.0 Å². The van der Waals surface area contributed by atoms with Gasteiger partial charge in [-0.3, -0.25) is 4.98 Å². The van der Waals surface area contributed by atoms with E-state index >= 15 is 0 Å². The van der Waals surface area contributed by atoms with Gasteiger partial charge in [0.1, 0.15) is 11.0 Å². The maximum Gasteiger partial charge on any atom is 0.146 e. The topological polar surface area (TPSA) is 38.7 Å². The first-order chi connectivity index (χ1) is 8.20. The van der Waals surface area contributed by atoms with E-state index in [1.807, 2.05) is 18.3 Å². The van der Waals surface area contributed by atoms with Crippen LogP contribution < -0.4 is 0 Å². The van der Waals surface area contributed by atoms with Crippen LogP contribution in [0.2, 0.25) is 5.15 Å². The van der Waals surface area contributed by atoms with Crippen molar-refractivity contribution in [3.05, 3.63) is 50.3 Å². The standard InChI is InChI=1S/C12H11ClIN3/c1-2-9-11(14)12(13)17-10(16-9)6-8-4-3-5-15-7-8/h3-5,7H,2,6H2,1H3. The second-order valence-corrected chi connectivity index (χ2v) is 5.02. The first-order valence-corrected chi connectivity index (χ1v) is 6.76. The van der Waals surface area contributed by atoms with E-state index in [1.54, 1.807) is 6.20 Å². The molecule has 0 saturated carbocycles. The molecule has 0 aliphatic heterocycles. The summed E-state index contributed by atoms with van der Waals surface area (Å²) in [4.78, 5) is 12.9. The Labute approximate surface area is 119 Å². The quantitative estimate of drug-likeness (QED) is 0.623. The van der Waals surface area contributed by atoms with Crippen molar-refractivity contribution >= 4 is 34.2 Å². The lowest BCUT2D eigenvalue weighted by atomic mass is 10.2. The van der Waals surface area contributed by atoms with Crippen LogP contribution >= 0.6 is 34.2 Å². The second kappa shape index (κ2) is 5.73. The monoisotopic (exact) mass is 359 g/mol. The van der Waals surface area contributed by atoms with Crippen LogP contribution in [0.3, 0.4) is 0 Å². The molecular formula is C12H11ClIN3.